The van der Waals surface area contributed by atoms with Crippen molar-refractivity contribution in [3.05, 3.63) is 0 Å². The van der Waals surface area contributed by atoms with Gasteiger partial charge in [0.15, 0.2) is 0 Å². The van der Waals surface area contributed by atoms with Gasteiger partial charge >= 0.3 is 0 Å². The standard InChI is InChI=1S/C7H18N2O/c1-7(6-10,4-8-2)5-9-3/h8-10H,4-6H2,1-3H3. The second-order valence-corrected chi connectivity index (χ2v) is 3.03. The van der Waals surface area contributed by atoms with Crippen LogP contribution in [-0.4, -0.2) is 38.9 Å². The summed E-state index contributed by atoms with van der Waals surface area (Å²) in [5, 5.41) is 15.1. The average molecular weight is 146 g/mol. The van der Waals surface area contributed by atoms with E-state index in [9.17, 15) is 0 Å². The number of rotatable bonds is 5. The lowest BCUT2D eigenvalue weighted by molar-refractivity contribution is 0.142. The summed E-state index contributed by atoms with van der Waals surface area (Å²) in [5.74, 6) is 0. The molecular weight excluding hydrogens is 128 g/mol. The van der Waals surface area contributed by atoms with Gasteiger partial charge in [0.1, 0.15) is 0 Å². The summed E-state index contributed by atoms with van der Waals surface area (Å²) in [5.41, 5.74) is -0.0243. The number of hydrogen-bond donors (Lipinski definition) is 3. The first-order chi connectivity index (χ1) is 4.68. The first-order valence-corrected chi connectivity index (χ1v) is 3.58. The van der Waals surface area contributed by atoms with Crippen molar-refractivity contribution in [2.45, 2.75) is 6.92 Å². The van der Waals surface area contributed by atoms with Gasteiger partial charge in [0, 0.05) is 18.5 Å². The van der Waals surface area contributed by atoms with E-state index in [-0.39, 0.29) is 12.0 Å². The highest BCUT2D eigenvalue weighted by atomic mass is 16.3. The zero-order valence-electron chi connectivity index (χ0n) is 7.07. The summed E-state index contributed by atoms with van der Waals surface area (Å²) in [7, 11) is 3.78. The van der Waals surface area contributed by atoms with Crippen LogP contribution in [0.1, 0.15) is 6.92 Å². The summed E-state index contributed by atoms with van der Waals surface area (Å²) in [6.45, 7) is 3.93. The summed E-state index contributed by atoms with van der Waals surface area (Å²) in [6, 6.07) is 0. The Labute approximate surface area is 62.8 Å². The number of nitrogens with one attached hydrogen (secondary N) is 2. The minimum absolute atomic E-state index is 0.0243. The second-order valence-electron chi connectivity index (χ2n) is 3.03. The van der Waals surface area contributed by atoms with E-state index in [1.807, 2.05) is 21.0 Å². The maximum absolute atomic E-state index is 8.97. The van der Waals surface area contributed by atoms with Crippen molar-refractivity contribution in [2.75, 3.05) is 33.8 Å². The van der Waals surface area contributed by atoms with E-state index in [1.165, 1.54) is 0 Å². The molecule has 0 spiro atoms. The van der Waals surface area contributed by atoms with Crippen LogP contribution >= 0.6 is 0 Å². The highest BCUT2D eigenvalue weighted by molar-refractivity contribution is 4.76. The molecule has 0 fully saturated rings. The predicted molar refractivity (Wildman–Crippen MR) is 43.0 cm³/mol. The highest BCUT2D eigenvalue weighted by Crippen LogP contribution is 2.11. The quantitative estimate of drug-likeness (QED) is 0.486. The monoisotopic (exact) mass is 146 g/mol. The lowest BCUT2D eigenvalue weighted by Gasteiger charge is -2.26. The summed E-state index contributed by atoms with van der Waals surface area (Å²) < 4.78 is 0. The van der Waals surface area contributed by atoms with Crippen LogP contribution in [0.15, 0.2) is 0 Å². The van der Waals surface area contributed by atoms with E-state index >= 15 is 0 Å². The molecule has 0 aliphatic carbocycles. The molecule has 0 bridgehead atoms. The number of aliphatic hydroxyl groups excluding tert-OH is 1. The Morgan fingerprint density at radius 3 is 1.80 bits per heavy atom. The van der Waals surface area contributed by atoms with Crippen LogP contribution in [0.2, 0.25) is 0 Å². The van der Waals surface area contributed by atoms with Gasteiger partial charge in [-0.3, -0.25) is 0 Å². The molecule has 0 unspecified atom stereocenters. The van der Waals surface area contributed by atoms with Crippen LogP contribution in [0.4, 0.5) is 0 Å². The predicted octanol–water partition coefficient (Wildman–Crippen LogP) is -0.576. The summed E-state index contributed by atoms with van der Waals surface area (Å²) in [6.07, 6.45) is 0. The fourth-order valence-electron chi connectivity index (χ4n) is 1.03. The van der Waals surface area contributed by atoms with Crippen molar-refractivity contribution < 1.29 is 5.11 Å². The Morgan fingerprint density at radius 2 is 1.60 bits per heavy atom. The third kappa shape index (κ3) is 3.15. The molecule has 0 atom stereocenters. The van der Waals surface area contributed by atoms with Crippen molar-refractivity contribution in [3.63, 3.8) is 0 Å². The van der Waals surface area contributed by atoms with E-state index in [2.05, 4.69) is 10.6 Å². The minimum Gasteiger partial charge on any atom is -0.396 e. The summed E-state index contributed by atoms with van der Waals surface area (Å²) in [4.78, 5) is 0. The Kier molecular flexibility index (Phi) is 4.60. The zero-order chi connectivity index (χ0) is 8.04. The maximum atomic E-state index is 8.97. The fourth-order valence-corrected chi connectivity index (χ4v) is 1.03. The van der Waals surface area contributed by atoms with Gasteiger partial charge in [-0.25, -0.2) is 0 Å². The van der Waals surface area contributed by atoms with Crippen molar-refractivity contribution >= 4 is 0 Å². The first kappa shape index (κ1) is 9.88. The van der Waals surface area contributed by atoms with Crippen molar-refractivity contribution in [3.8, 4) is 0 Å². The third-order valence-electron chi connectivity index (χ3n) is 1.59. The molecule has 3 nitrogen and oxygen atoms in total. The molecule has 3 heteroatoms. The Bertz CT molecular complexity index is 79.7. The molecule has 0 rings (SSSR count). The molecule has 0 aromatic carbocycles. The van der Waals surface area contributed by atoms with Crippen LogP contribution in [-0.2, 0) is 0 Å². The van der Waals surface area contributed by atoms with Gasteiger partial charge in [-0.05, 0) is 14.1 Å². The van der Waals surface area contributed by atoms with E-state index in [4.69, 9.17) is 5.11 Å². The topological polar surface area (TPSA) is 44.3 Å². The van der Waals surface area contributed by atoms with Gasteiger partial charge in [0.2, 0.25) is 0 Å². The lowest BCUT2D eigenvalue weighted by atomic mass is 9.92. The SMILES string of the molecule is CNCC(C)(CO)CNC. The molecule has 0 saturated heterocycles. The van der Waals surface area contributed by atoms with Crippen molar-refractivity contribution in [1.82, 2.24) is 10.6 Å². The van der Waals surface area contributed by atoms with Crippen molar-refractivity contribution in [1.29, 1.82) is 0 Å². The maximum Gasteiger partial charge on any atom is 0.0509 e. The average Bonchev–Trinajstić information content (AvgIpc) is 1.89. The van der Waals surface area contributed by atoms with E-state index in [0.29, 0.717) is 0 Å². The first-order valence-electron chi connectivity index (χ1n) is 3.58. The smallest absolute Gasteiger partial charge is 0.0509 e. The molecule has 0 aliphatic heterocycles. The molecule has 0 heterocycles. The fraction of sp³-hybridized carbons (Fsp3) is 1.00. The second kappa shape index (κ2) is 4.66. The van der Waals surface area contributed by atoms with Gasteiger partial charge in [0.05, 0.1) is 6.61 Å². The third-order valence-corrected chi connectivity index (χ3v) is 1.59. The van der Waals surface area contributed by atoms with E-state index < -0.39 is 0 Å². The molecule has 0 radical (unpaired) electrons. The van der Waals surface area contributed by atoms with E-state index in [0.717, 1.165) is 13.1 Å². The van der Waals surface area contributed by atoms with Gasteiger partial charge in [-0.15, -0.1) is 0 Å². The van der Waals surface area contributed by atoms with Crippen LogP contribution in [0.25, 0.3) is 0 Å². The van der Waals surface area contributed by atoms with Crippen LogP contribution in [0.3, 0.4) is 0 Å². The van der Waals surface area contributed by atoms with Gasteiger partial charge < -0.3 is 15.7 Å². The van der Waals surface area contributed by atoms with Crippen molar-refractivity contribution in [2.24, 2.45) is 5.41 Å². The molecule has 0 aliphatic rings. The highest BCUT2D eigenvalue weighted by Gasteiger charge is 2.20. The molecule has 3 N–H and O–H groups in total. The van der Waals surface area contributed by atoms with Gasteiger partial charge in [-0.2, -0.15) is 0 Å². The minimum atomic E-state index is -0.0243. The Morgan fingerprint density at radius 1 is 1.20 bits per heavy atom. The molecular formula is C7H18N2O. The molecule has 0 aromatic rings. The van der Waals surface area contributed by atoms with Crippen LogP contribution < -0.4 is 10.6 Å². The molecule has 62 valence electrons. The molecule has 0 saturated carbocycles. The Balaban J connectivity index is 3.69. The van der Waals surface area contributed by atoms with E-state index in [1.54, 1.807) is 0 Å². The number of aliphatic hydroxyl groups is 1. The normalized spacial score (nSPS) is 12.0. The Hall–Kier alpha value is -0.120. The molecule has 0 amide bonds. The summed E-state index contributed by atoms with van der Waals surface area (Å²) >= 11 is 0. The zero-order valence-corrected chi connectivity index (χ0v) is 7.07. The van der Waals surface area contributed by atoms with Crippen LogP contribution in [0, 0.1) is 5.41 Å². The molecule has 10 heavy (non-hydrogen) atoms. The van der Waals surface area contributed by atoms with Gasteiger partial charge in [-0.1, -0.05) is 6.92 Å². The molecule has 0 aromatic heterocycles. The largest absolute Gasteiger partial charge is 0.396 e. The van der Waals surface area contributed by atoms with Gasteiger partial charge in [0.25, 0.3) is 0 Å². The van der Waals surface area contributed by atoms with Crippen LogP contribution in [0.5, 0.6) is 0 Å². The number of hydrogen-bond acceptors (Lipinski definition) is 3. The lowest BCUT2D eigenvalue weighted by Crippen LogP contribution is -2.40.